The van der Waals surface area contributed by atoms with Crippen molar-refractivity contribution >= 4 is 38.7 Å². The van der Waals surface area contributed by atoms with Gasteiger partial charge in [0.2, 0.25) is 0 Å². The van der Waals surface area contributed by atoms with Crippen molar-refractivity contribution < 1.29 is 10.2 Å². The van der Waals surface area contributed by atoms with Crippen molar-refractivity contribution in [3.8, 4) is 0 Å². The Morgan fingerprint density at radius 1 is 1.16 bits per heavy atom. The van der Waals surface area contributed by atoms with Crippen molar-refractivity contribution in [3.05, 3.63) is 22.2 Å². The maximum Gasteiger partial charge on any atom is 0.119 e. The highest BCUT2D eigenvalue weighted by atomic mass is 79.9. The normalized spacial score (nSPS) is 17.4. The van der Waals surface area contributed by atoms with E-state index in [1.165, 1.54) is 0 Å². The van der Waals surface area contributed by atoms with Gasteiger partial charge in [0.1, 0.15) is 11.0 Å². The predicted octanol–water partition coefficient (Wildman–Crippen LogP) is 3.08. The molecule has 1 aromatic heterocycles. The zero-order chi connectivity index (χ0) is 14.4. The summed E-state index contributed by atoms with van der Waals surface area (Å²) in [5.41, 5.74) is -0.0246. The second kappa shape index (κ2) is 4.77. The van der Waals surface area contributed by atoms with Gasteiger partial charge >= 0.3 is 0 Å². The summed E-state index contributed by atoms with van der Waals surface area (Å²) in [5, 5.41) is 20.8. The molecule has 0 saturated heterocycles. The molecule has 2 unspecified atom stereocenters. The smallest absolute Gasteiger partial charge is 0.119 e. The fourth-order valence-electron chi connectivity index (χ4n) is 2.04. The van der Waals surface area contributed by atoms with Crippen molar-refractivity contribution in [3.63, 3.8) is 0 Å². The van der Waals surface area contributed by atoms with Crippen LogP contribution < -0.4 is 0 Å². The van der Waals surface area contributed by atoms with Crippen LogP contribution in [-0.2, 0) is 0 Å². The van der Waals surface area contributed by atoms with Crippen LogP contribution in [0.5, 0.6) is 0 Å². The molecule has 2 atom stereocenters. The van der Waals surface area contributed by atoms with Gasteiger partial charge in [0, 0.05) is 10.4 Å². The largest absolute Gasteiger partial charge is 0.387 e. The number of aliphatic hydroxyl groups is 2. The maximum absolute atomic E-state index is 10.6. The number of hydrogen-bond donors (Lipinski definition) is 2. The monoisotopic (exact) mass is 344 g/mol. The summed E-state index contributed by atoms with van der Waals surface area (Å²) in [7, 11) is 0. The van der Waals surface area contributed by atoms with Gasteiger partial charge in [-0.25, -0.2) is 0 Å². The van der Waals surface area contributed by atoms with Gasteiger partial charge in [-0.05, 0) is 48.3 Å². The third kappa shape index (κ3) is 2.42. The fourth-order valence-corrected chi connectivity index (χ4v) is 3.14. The molecule has 104 valence electrons. The van der Waals surface area contributed by atoms with Crippen LogP contribution in [0.2, 0.25) is 0 Å². The van der Waals surface area contributed by atoms with Crippen molar-refractivity contribution in [2.24, 2.45) is 0 Å². The molecule has 0 aliphatic heterocycles. The van der Waals surface area contributed by atoms with Crippen LogP contribution in [0, 0.1) is 0 Å². The Labute approximate surface area is 124 Å². The summed E-state index contributed by atoms with van der Waals surface area (Å²) in [4.78, 5) is 0. The summed E-state index contributed by atoms with van der Waals surface area (Å²) in [6, 6.07) is 3.81. The Balaban J connectivity index is 2.57. The van der Waals surface area contributed by atoms with E-state index in [-0.39, 0.29) is 5.92 Å². The number of aromatic nitrogens is 2. The second-order valence-electron chi connectivity index (χ2n) is 5.53. The average Bonchev–Trinajstić information content (AvgIpc) is 2.77. The van der Waals surface area contributed by atoms with E-state index in [0.29, 0.717) is 0 Å². The molecule has 0 bridgehead atoms. The summed E-state index contributed by atoms with van der Waals surface area (Å²) in [6.07, 6.45) is 0. The van der Waals surface area contributed by atoms with Crippen LogP contribution in [0.1, 0.15) is 39.2 Å². The molecule has 2 rings (SSSR count). The Bertz CT molecular complexity index is 604. The van der Waals surface area contributed by atoms with E-state index in [4.69, 9.17) is 0 Å². The highest BCUT2D eigenvalue weighted by Crippen LogP contribution is 2.39. The predicted molar refractivity (Wildman–Crippen MR) is 80.5 cm³/mol. The zero-order valence-corrected chi connectivity index (χ0v) is 13.7. The minimum atomic E-state index is -1.27. The minimum absolute atomic E-state index is 0.271. The van der Waals surface area contributed by atoms with Gasteiger partial charge in [-0.3, -0.25) is 0 Å². The quantitative estimate of drug-likeness (QED) is 0.897. The van der Waals surface area contributed by atoms with E-state index in [1.54, 1.807) is 20.8 Å². The van der Waals surface area contributed by atoms with E-state index in [1.807, 2.05) is 19.1 Å². The van der Waals surface area contributed by atoms with Gasteiger partial charge in [0.05, 0.1) is 22.9 Å². The number of halogens is 1. The maximum atomic E-state index is 10.6. The SMILES string of the molecule is CC(c1ccc(Br)c2nsnc12)C(C)(O)C(C)(C)O. The lowest BCUT2D eigenvalue weighted by Gasteiger charge is -2.40. The summed E-state index contributed by atoms with van der Waals surface area (Å²) < 4.78 is 9.43. The number of nitrogens with zero attached hydrogens (tertiary/aromatic N) is 2. The first-order valence-electron chi connectivity index (χ1n) is 6.01. The van der Waals surface area contributed by atoms with Crippen LogP contribution in [0.25, 0.3) is 11.0 Å². The molecule has 0 saturated carbocycles. The van der Waals surface area contributed by atoms with Gasteiger partial charge in [0.15, 0.2) is 0 Å². The van der Waals surface area contributed by atoms with Crippen LogP contribution >= 0.6 is 27.7 Å². The number of fused-ring (bicyclic) bond motifs is 1. The summed E-state index contributed by atoms with van der Waals surface area (Å²) in [6.45, 7) is 6.75. The fraction of sp³-hybridized carbons (Fsp3) is 0.538. The van der Waals surface area contributed by atoms with Crippen molar-refractivity contribution in [2.45, 2.75) is 44.8 Å². The molecular weight excluding hydrogens is 328 g/mol. The standard InChI is InChI=1S/C13H17BrN2O2S/c1-7(13(4,18)12(2,3)17)8-5-6-9(14)11-10(8)15-19-16-11/h5-7,17-18H,1-4H3. The van der Waals surface area contributed by atoms with Gasteiger partial charge in [-0.2, -0.15) is 8.75 Å². The highest BCUT2D eigenvalue weighted by Gasteiger charge is 2.43. The average molecular weight is 345 g/mol. The summed E-state index contributed by atoms with van der Waals surface area (Å²) in [5.74, 6) is -0.271. The first-order chi connectivity index (χ1) is 8.66. The number of benzene rings is 1. The van der Waals surface area contributed by atoms with E-state index in [0.717, 1.165) is 32.8 Å². The lowest BCUT2D eigenvalue weighted by Crippen LogP contribution is -2.51. The Hall–Kier alpha value is -0.560. The topological polar surface area (TPSA) is 66.2 Å². The number of hydrogen-bond acceptors (Lipinski definition) is 5. The van der Waals surface area contributed by atoms with E-state index in [2.05, 4.69) is 24.7 Å². The molecule has 0 spiro atoms. The molecule has 2 aromatic rings. The van der Waals surface area contributed by atoms with Gasteiger partial charge in [-0.1, -0.05) is 13.0 Å². The van der Waals surface area contributed by atoms with Crippen molar-refractivity contribution in [1.29, 1.82) is 0 Å². The summed E-state index contributed by atoms with van der Waals surface area (Å²) >= 11 is 4.58. The molecule has 1 aromatic carbocycles. The molecule has 0 radical (unpaired) electrons. The Morgan fingerprint density at radius 3 is 2.32 bits per heavy atom. The highest BCUT2D eigenvalue weighted by molar-refractivity contribution is 9.10. The molecule has 19 heavy (non-hydrogen) atoms. The van der Waals surface area contributed by atoms with E-state index >= 15 is 0 Å². The van der Waals surface area contributed by atoms with Crippen LogP contribution in [-0.4, -0.2) is 30.2 Å². The molecule has 0 fully saturated rings. The van der Waals surface area contributed by atoms with Crippen LogP contribution in [0.4, 0.5) is 0 Å². The molecule has 0 aliphatic rings. The molecule has 0 amide bonds. The minimum Gasteiger partial charge on any atom is -0.387 e. The van der Waals surface area contributed by atoms with Gasteiger partial charge in [-0.15, -0.1) is 0 Å². The molecule has 0 aliphatic carbocycles. The van der Waals surface area contributed by atoms with Gasteiger partial charge < -0.3 is 10.2 Å². The molecular formula is C13H17BrN2O2S. The van der Waals surface area contributed by atoms with Crippen LogP contribution in [0.3, 0.4) is 0 Å². The third-order valence-electron chi connectivity index (χ3n) is 3.95. The molecule has 6 heteroatoms. The van der Waals surface area contributed by atoms with Gasteiger partial charge in [0.25, 0.3) is 0 Å². The Kier molecular flexibility index (Phi) is 3.72. The number of rotatable bonds is 3. The second-order valence-corrected chi connectivity index (χ2v) is 6.91. The molecule has 4 nitrogen and oxygen atoms in total. The van der Waals surface area contributed by atoms with E-state index < -0.39 is 11.2 Å². The van der Waals surface area contributed by atoms with Crippen molar-refractivity contribution in [2.75, 3.05) is 0 Å². The lowest BCUT2D eigenvalue weighted by atomic mass is 9.74. The van der Waals surface area contributed by atoms with Crippen molar-refractivity contribution in [1.82, 2.24) is 8.75 Å². The lowest BCUT2D eigenvalue weighted by molar-refractivity contribution is -0.131. The van der Waals surface area contributed by atoms with E-state index in [9.17, 15) is 10.2 Å². The first-order valence-corrected chi connectivity index (χ1v) is 7.54. The molecule has 2 N–H and O–H groups in total. The third-order valence-corrected chi connectivity index (χ3v) is 5.11. The first kappa shape index (κ1) is 14.8. The van der Waals surface area contributed by atoms with Crippen LogP contribution in [0.15, 0.2) is 16.6 Å². The Morgan fingerprint density at radius 2 is 1.74 bits per heavy atom. The molecule has 1 heterocycles. The zero-order valence-electron chi connectivity index (χ0n) is 11.3.